The minimum absolute atomic E-state index is 0.176. The van der Waals surface area contributed by atoms with Crippen molar-refractivity contribution in [3.63, 3.8) is 0 Å². The van der Waals surface area contributed by atoms with Gasteiger partial charge in [0.05, 0.1) is 5.60 Å². The molecule has 0 amide bonds. The number of benzene rings is 1. The average Bonchev–Trinajstić information content (AvgIpc) is 2.41. The number of nitrogens with zero attached hydrogens (tertiary/aromatic N) is 1. The normalized spacial score (nSPS) is 22.4. The van der Waals surface area contributed by atoms with Gasteiger partial charge in [0.25, 0.3) is 0 Å². The van der Waals surface area contributed by atoms with E-state index in [-0.39, 0.29) is 17.8 Å². The second-order valence-corrected chi connectivity index (χ2v) is 6.32. The van der Waals surface area contributed by atoms with Gasteiger partial charge in [-0.2, -0.15) is 0 Å². The molecule has 0 aliphatic carbocycles. The van der Waals surface area contributed by atoms with Crippen molar-refractivity contribution in [2.45, 2.75) is 38.3 Å². The van der Waals surface area contributed by atoms with Crippen LogP contribution in [0.2, 0.25) is 0 Å². The molecule has 1 aromatic carbocycles. The van der Waals surface area contributed by atoms with Gasteiger partial charge in [0, 0.05) is 31.2 Å². The summed E-state index contributed by atoms with van der Waals surface area (Å²) in [6, 6.07) is 6.43. The second-order valence-electron chi connectivity index (χ2n) is 6.32. The van der Waals surface area contributed by atoms with Gasteiger partial charge in [-0.05, 0) is 31.7 Å². The van der Waals surface area contributed by atoms with Gasteiger partial charge < -0.3 is 15.7 Å². The Kier molecular flexibility index (Phi) is 4.78. The summed E-state index contributed by atoms with van der Waals surface area (Å²) < 4.78 is 13.8. The molecule has 1 aliphatic heterocycles. The van der Waals surface area contributed by atoms with E-state index in [1.165, 1.54) is 6.07 Å². The lowest BCUT2D eigenvalue weighted by atomic mass is 9.91. The summed E-state index contributed by atoms with van der Waals surface area (Å²) in [7, 11) is 0. The van der Waals surface area contributed by atoms with E-state index in [0.717, 1.165) is 32.5 Å². The molecule has 1 saturated heterocycles. The number of nitrogens with two attached hydrogens (primary N) is 1. The number of hydrogen-bond donors (Lipinski definition) is 2. The molecule has 1 aromatic rings. The number of hydrogen-bond acceptors (Lipinski definition) is 3. The third kappa shape index (κ3) is 3.78. The predicted molar refractivity (Wildman–Crippen MR) is 78.8 cm³/mol. The molecule has 0 radical (unpaired) electrons. The van der Waals surface area contributed by atoms with E-state index in [4.69, 9.17) is 5.73 Å². The molecule has 20 heavy (non-hydrogen) atoms. The molecule has 2 unspecified atom stereocenters. The molecule has 3 nitrogen and oxygen atoms in total. The van der Waals surface area contributed by atoms with E-state index < -0.39 is 5.60 Å². The molecular weight excluding hydrogens is 255 g/mol. The van der Waals surface area contributed by atoms with Crippen molar-refractivity contribution in [3.8, 4) is 0 Å². The van der Waals surface area contributed by atoms with Crippen LogP contribution in [-0.2, 0) is 0 Å². The maximum Gasteiger partial charge on any atom is 0.127 e. The van der Waals surface area contributed by atoms with Gasteiger partial charge in [0.15, 0.2) is 0 Å². The van der Waals surface area contributed by atoms with Crippen molar-refractivity contribution in [2.24, 2.45) is 11.7 Å². The molecule has 0 spiro atoms. The van der Waals surface area contributed by atoms with Gasteiger partial charge >= 0.3 is 0 Å². The first-order chi connectivity index (χ1) is 9.39. The Bertz CT molecular complexity index is 440. The van der Waals surface area contributed by atoms with Crippen LogP contribution < -0.4 is 5.73 Å². The van der Waals surface area contributed by atoms with Crippen LogP contribution in [0.4, 0.5) is 4.39 Å². The maximum absolute atomic E-state index is 13.8. The molecule has 0 bridgehead atoms. The van der Waals surface area contributed by atoms with Gasteiger partial charge in [-0.1, -0.05) is 25.1 Å². The van der Waals surface area contributed by atoms with Gasteiger partial charge in [-0.15, -0.1) is 0 Å². The Balaban J connectivity index is 1.92. The predicted octanol–water partition coefficient (Wildman–Crippen LogP) is 2.31. The first-order valence-electron chi connectivity index (χ1n) is 7.34. The first kappa shape index (κ1) is 15.4. The van der Waals surface area contributed by atoms with Crippen molar-refractivity contribution >= 4 is 0 Å². The van der Waals surface area contributed by atoms with E-state index in [1.54, 1.807) is 12.1 Å². The van der Waals surface area contributed by atoms with Crippen molar-refractivity contribution in [1.29, 1.82) is 0 Å². The van der Waals surface area contributed by atoms with E-state index >= 15 is 0 Å². The lowest BCUT2D eigenvalue weighted by Gasteiger charge is -2.37. The number of rotatable bonds is 4. The molecule has 112 valence electrons. The molecule has 2 rings (SSSR count). The highest BCUT2D eigenvalue weighted by atomic mass is 19.1. The fraction of sp³-hybridized carbons (Fsp3) is 0.625. The van der Waals surface area contributed by atoms with E-state index in [2.05, 4.69) is 11.8 Å². The van der Waals surface area contributed by atoms with Crippen LogP contribution in [-0.4, -0.2) is 35.2 Å². The molecule has 2 atom stereocenters. The van der Waals surface area contributed by atoms with E-state index in [9.17, 15) is 9.50 Å². The van der Waals surface area contributed by atoms with Crippen molar-refractivity contribution in [2.75, 3.05) is 19.6 Å². The topological polar surface area (TPSA) is 49.5 Å². The Morgan fingerprint density at radius 2 is 1.95 bits per heavy atom. The van der Waals surface area contributed by atoms with Crippen LogP contribution in [0.5, 0.6) is 0 Å². The van der Waals surface area contributed by atoms with Crippen molar-refractivity contribution < 1.29 is 9.50 Å². The summed E-state index contributed by atoms with van der Waals surface area (Å²) in [6.45, 7) is 6.54. The minimum Gasteiger partial charge on any atom is -0.390 e. The van der Waals surface area contributed by atoms with Crippen molar-refractivity contribution in [1.82, 2.24) is 4.90 Å². The fourth-order valence-electron chi connectivity index (χ4n) is 2.79. The van der Waals surface area contributed by atoms with Crippen molar-refractivity contribution in [3.05, 3.63) is 35.6 Å². The quantitative estimate of drug-likeness (QED) is 0.890. The fourth-order valence-corrected chi connectivity index (χ4v) is 2.79. The monoisotopic (exact) mass is 280 g/mol. The SMILES string of the molecule is CC(CN1CCC(C)(O)CC1)C(N)c1ccccc1F. The Labute approximate surface area is 120 Å². The summed E-state index contributed by atoms with van der Waals surface area (Å²) in [6.07, 6.45) is 1.57. The number of halogens is 1. The van der Waals surface area contributed by atoms with Crippen LogP contribution in [0.15, 0.2) is 24.3 Å². The third-order valence-electron chi connectivity index (χ3n) is 4.36. The Morgan fingerprint density at radius 3 is 2.55 bits per heavy atom. The highest BCUT2D eigenvalue weighted by Gasteiger charge is 2.29. The summed E-state index contributed by atoms with van der Waals surface area (Å²) in [4.78, 5) is 2.31. The number of likely N-dealkylation sites (tertiary alicyclic amines) is 1. The number of piperidine rings is 1. The molecule has 1 heterocycles. The lowest BCUT2D eigenvalue weighted by Crippen LogP contribution is -2.45. The Morgan fingerprint density at radius 1 is 1.35 bits per heavy atom. The van der Waals surface area contributed by atoms with E-state index in [1.807, 2.05) is 13.0 Å². The maximum atomic E-state index is 13.8. The summed E-state index contributed by atoms with van der Waals surface area (Å²) in [5, 5.41) is 9.95. The van der Waals surface area contributed by atoms with Crippen LogP contribution >= 0.6 is 0 Å². The smallest absolute Gasteiger partial charge is 0.127 e. The van der Waals surface area contributed by atoms with Gasteiger partial charge in [0.1, 0.15) is 5.82 Å². The standard InChI is InChI=1S/C16H25FN2O/c1-12(11-19-9-7-16(2,20)8-10-19)15(18)13-5-3-4-6-14(13)17/h3-6,12,15,20H,7-11,18H2,1-2H3. The molecule has 1 aliphatic rings. The highest BCUT2D eigenvalue weighted by Crippen LogP contribution is 2.26. The molecule has 0 saturated carbocycles. The average molecular weight is 280 g/mol. The van der Waals surface area contributed by atoms with Crippen LogP contribution in [0.25, 0.3) is 0 Å². The Hall–Kier alpha value is -0.970. The van der Waals surface area contributed by atoms with Crippen LogP contribution in [0.3, 0.4) is 0 Å². The summed E-state index contributed by atoms with van der Waals surface area (Å²) in [5.41, 5.74) is 6.25. The summed E-state index contributed by atoms with van der Waals surface area (Å²) in [5.74, 6) is -0.0524. The van der Waals surface area contributed by atoms with Crippen LogP contribution in [0, 0.1) is 11.7 Å². The third-order valence-corrected chi connectivity index (χ3v) is 4.36. The lowest BCUT2D eigenvalue weighted by molar-refractivity contribution is -0.00898. The second kappa shape index (κ2) is 6.20. The number of aliphatic hydroxyl groups is 1. The zero-order valence-electron chi connectivity index (χ0n) is 12.3. The molecule has 0 aromatic heterocycles. The first-order valence-corrected chi connectivity index (χ1v) is 7.34. The molecule has 4 heteroatoms. The minimum atomic E-state index is -0.534. The largest absolute Gasteiger partial charge is 0.390 e. The zero-order valence-corrected chi connectivity index (χ0v) is 12.3. The summed E-state index contributed by atoms with van der Waals surface area (Å²) >= 11 is 0. The highest BCUT2D eigenvalue weighted by molar-refractivity contribution is 5.21. The molecule has 1 fully saturated rings. The molecule has 3 N–H and O–H groups in total. The van der Waals surface area contributed by atoms with Gasteiger partial charge in [-0.3, -0.25) is 0 Å². The van der Waals surface area contributed by atoms with Crippen LogP contribution in [0.1, 0.15) is 38.3 Å². The van der Waals surface area contributed by atoms with E-state index in [0.29, 0.717) is 5.56 Å². The van der Waals surface area contributed by atoms with Gasteiger partial charge in [-0.25, -0.2) is 4.39 Å². The zero-order chi connectivity index (χ0) is 14.8. The molecular formula is C16H25FN2O. The van der Waals surface area contributed by atoms with Gasteiger partial charge in [0.2, 0.25) is 0 Å².